The topological polar surface area (TPSA) is 8.17 Å². The highest BCUT2D eigenvalue weighted by molar-refractivity contribution is 6.32. The summed E-state index contributed by atoms with van der Waals surface area (Å²) < 4.78 is 2.52. The molecular weight excluding hydrogens is 689 g/mol. The standard InChI is InChI=1S/C55H38N2/c1-55(2)48-33-37(56(50-27-13-17-35-15-3-5-19-39(35)50)51-28-14-18-36-16-4-6-20-40(36)51)29-31-43(48)44-32-30-38(34-49(44)55)57-52-26-12-11-25-47(52)53-45-23-9-7-21-41(45)42-22-8-10-24-46(42)54(53)57/h3-34H,1-2H3. The van der Waals surface area contributed by atoms with Gasteiger partial charge >= 0.3 is 0 Å². The van der Waals surface area contributed by atoms with E-state index in [0.717, 1.165) is 5.69 Å². The SMILES string of the molecule is CC1(C)c2cc(N(c3cccc4ccccc34)c3cccc4ccccc34)ccc2-c2ccc(-n3c4ccccc4c4c5ccccc5c5ccccc5c43)cc21. The summed E-state index contributed by atoms with van der Waals surface area (Å²) in [5.74, 6) is 0. The van der Waals surface area contributed by atoms with Crippen molar-refractivity contribution in [2.45, 2.75) is 19.3 Å². The molecule has 57 heavy (non-hydrogen) atoms. The Kier molecular flexibility index (Phi) is 6.72. The summed E-state index contributed by atoms with van der Waals surface area (Å²) in [6.45, 7) is 4.81. The van der Waals surface area contributed by atoms with Crippen LogP contribution in [0.25, 0.3) is 81.7 Å². The second kappa shape index (κ2) is 11.9. The summed E-state index contributed by atoms with van der Waals surface area (Å²) in [6.07, 6.45) is 0. The van der Waals surface area contributed by atoms with Crippen molar-refractivity contribution in [3.8, 4) is 16.8 Å². The molecule has 0 bridgehead atoms. The Morgan fingerprint density at radius 3 is 1.56 bits per heavy atom. The third-order valence-electron chi connectivity index (χ3n) is 12.7. The molecule has 12 rings (SSSR count). The Bertz CT molecular complexity index is 3370. The molecule has 0 N–H and O–H groups in total. The molecule has 0 spiro atoms. The van der Waals surface area contributed by atoms with Gasteiger partial charge < -0.3 is 9.47 Å². The monoisotopic (exact) mass is 726 g/mol. The average molecular weight is 727 g/mol. The lowest BCUT2D eigenvalue weighted by atomic mass is 9.82. The van der Waals surface area contributed by atoms with E-state index in [4.69, 9.17) is 0 Å². The number of aromatic nitrogens is 1. The Morgan fingerprint density at radius 2 is 0.895 bits per heavy atom. The predicted octanol–water partition coefficient (Wildman–Crippen LogP) is 15.2. The van der Waals surface area contributed by atoms with Gasteiger partial charge in [-0.15, -0.1) is 0 Å². The zero-order valence-corrected chi connectivity index (χ0v) is 31.9. The first-order valence-corrected chi connectivity index (χ1v) is 19.9. The van der Waals surface area contributed by atoms with Crippen LogP contribution in [0.3, 0.4) is 0 Å². The van der Waals surface area contributed by atoms with Crippen molar-refractivity contribution in [2.75, 3.05) is 4.90 Å². The Balaban J connectivity index is 1.07. The van der Waals surface area contributed by atoms with Gasteiger partial charge in [0.25, 0.3) is 0 Å². The fraction of sp³-hybridized carbons (Fsp3) is 0.0545. The lowest BCUT2D eigenvalue weighted by Gasteiger charge is -2.30. The van der Waals surface area contributed by atoms with E-state index in [9.17, 15) is 0 Å². The van der Waals surface area contributed by atoms with Crippen molar-refractivity contribution in [1.29, 1.82) is 0 Å². The fourth-order valence-electron chi connectivity index (χ4n) is 10.1. The molecular formula is C55H38N2. The van der Waals surface area contributed by atoms with Gasteiger partial charge in [-0.05, 0) is 91.6 Å². The predicted molar refractivity (Wildman–Crippen MR) is 243 cm³/mol. The molecule has 11 aromatic rings. The van der Waals surface area contributed by atoms with Gasteiger partial charge in [0.05, 0.1) is 22.4 Å². The van der Waals surface area contributed by atoms with Crippen LogP contribution in [0, 0.1) is 0 Å². The molecule has 10 aromatic carbocycles. The van der Waals surface area contributed by atoms with Crippen LogP contribution in [0.2, 0.25) is 0 Å². The molecule has 0 atom stereocenters. The summed E-state index contributed by atoms with van der Waals surface area (Å²) >= 11 is 0. The summed E-state index contributed by atoms with van der Waals surface area (Å²) in [6, 6.07) is 71.9. The van der Waals surface area contributed by atoms with Gasteiger partial charge in [0, 0.05) is 43.7 Å². The number of hydrogen-bond acceptors (Lipinski definition) is 1. The number of benzene rings is 10. The maximum Gasteiger partial charge on any atom is 0.0625 e. The molecule has 1 aliphatic carbocycles. The van der Waals surface area contributed by atoms with E-state index in [1.54, 1.807) is 0 Å². The summed E-state index contributed by atoms with van der Waals surface area (Å²) in [5.41, 5.74) is 12.2. The fourth-order valence-corrected chi connectivity index (χ4v) is 10.1. The van der Waals surface area contributed by atoms with Crippen LogP contribution in [0.4, 0.5) is 17.1 Å². The van der Waals surface area contributed by atoms with E-state index in [1.807, 2.05) is 0 Å². The van der Waals surface area contributed by atoms with E-state index >= 15 is 0 Å². The number of hydrogen-bond donors (Lipinski definition) is 0. The van der Waals surface area contributed by atoms with Gasteiger partial charge in [-0.25, -0.2) is 0 Å². The van der Waals surface area contributed by atoms with E-state index in [-0.39, 0.29) is 5.41 Å². The molecule has 2 heteroatoms. The van der Waals surface area contributed by atoms with Crippen molar-refractivity contribution >= 4 is 82.0 Å². The van der Waals surface area contributed by atoms with Crippen LogP contribution in [0.1, 0.15) is 25.0 Å². The van der Waals surface area contributed by atoms with E-state index in [2.05, 4.69) is 217 Å². The molecule has 0 fully saturated rings. The molecule has 0 radical (unpaired) electrons. The molecule has 1 aromatic heterocycles. The zero-order valence-electron chi connectivity index (χ0n) is 31.9. The van der Waals surface area contributed by atoms with Crippen molar-refractivity contribution in [1.82, 2.24) is 4.57 Å². The van der Waals surface area contributed by atoms with Crippen LogP contribution >= 0.6 is 0 Å². The minimum Gasteiger partial charge on any atom is -0.309 e. The van der Waals surface area contributed by atoms with Crippen LogP contribution in [0.15, 0.2) is 194 Å². The first kappa shape index (κ1) is 32.1. The lowest BCUT2D eigenvalue weighted by molar-refractivity contribution is 0.660. The zero-order chi connectivity index (χ0) is 37.8. The molecule has 0 amide bonds. The maximum absolute atomic E-state index is 2.52. The Hall–Kier alpha value is -7.16. The quantitative estimate of drug-likeness (QED) is 0.164. The van der Waals surface area contributed by atoms with Gasteiger partial charge in [0.1, 0.15) is 0 Å². The Labute approximate surface area is 331 Å². The minimum absolute atomic E-state index is 0.243. The molecule has 1 heterocycles. The van der Waals surface area contributed by atoms with Crippen LogP contribution < -0.4 is 4.90 Å². The van der Waals surface area contributed by atoms with Crippen molar-refractivity contribution in [2.24, 2.45) is 0 Å². The van der Waals surface area contributed by atoms with E-state index in [0.29, 0.717) is 0 Å². The molecule has 1 aliphatic rings. The highest BCUT2D eigenvalue weighted by atomic mass is 15.1. The number of fused-ring (bicyclic) bond motifs is 13. The number of para-hydroxylation sites is 1. The van der Waals surface area contributed by atoms with Gasteiger partial charge in [-0.3, -0.25) is 0 Å². The van der Waals surface area contributed by atoms with Gasteiger partial charge in [-0.2, -0.15) is 0 Å². The highest BCUT2D eigenvalue weighted by Crippen LogP contribution is 2.53. The van der Waals surface area contributed by atoms with Gasteiger partial charge in [0.15, 0.2) is 0 Å². The van der Waals surface area contributed by atoms with Gasteiger partial charge in [-0.1, -0.05) is 166 Å². The first-order chi connectivity index (χ1) is 28.1. The second-order valence-electron chi connectivity index (χ2n) is 16.1. The van der Waals surface area contributed by atoms with Crippen molar-refractivity contribution in [3.63, 3.8) is 0 Å². The molecule has 0 unspecified atom stereocenters. The molecule has 0 saturated carbocycles. The second-order valence-corrected chi connectivity index (χ2v) is 16.1. The average Bonchev–Trinajstić information content (AvgIpc) is 3.73. The highest BCUT2D eigenvalue weighted by Gasteiger charge is 2.37. The number of nitrogens with zero attached hydrogens (tertiary/aromatic N) is 2. The smallest absolute Gasteiger partial charge is 0.0625 e. The Morgan fingerprint density at radius 1 is 0.404 bits per heavy atom. The minimum atomic E-state index is -0.243. The lowest BCUT2D eigenvalue weighted by Crippen LogP contribution is -2.17. The maximum atomic E-state index is 2.52. The molecule has 0 saturated heterocycles. The van der Waals surface area contributed by atoms with Crippen LogP contribution in [-0.4, -0.2) is 4.57 Å². The molecule has 268 valence electrons. The van der Waals surface area contributed by atoms with Crippen molar-refractivity contribution < 1.29 is 0 Å². The number of anilines is 3. The summed E-state index contributed by atoms with van der Waals surface area (Å²) in [4.78, 5) is 2.48. The van der Waals surface area contributed by atoms with E-state index < -0.39 is 0 Å². The normalized spacial score (nSPS) is 13.2. The van der Waals surface area contributed by atoms with Crippen LogP contribution in [0.5, 0.6) is 0 Å². The number of rotatable bonds is 4. The van der Waals surface area contributed by atoms with Crippen molar-refractivity contribution in [3.05, 3.63) is 205 Å². The largest absolute Gasteiger partial charge is 0.309 e. The van der Waals surface area contributed by atoms with Crippen LogP contribution in [-0.2, 0) is 5.41 Å². The van der Waals surface area contributed by atoms with E-state index in [1.165, 1.54) is 104 Å². The third kappa shape index (κ3) is 4.53. The summed E-state index contributed by atoms with van der Waals surface area (Å²) in [7, 11) is 0. The third-order valence-corrected chi connectivity index (χ3v) is 12.7. The summed E-state index contributed by atoms with van der Waals surface area (Å²) in [5, 5.41) is 12.7. The molecule has 0 aliphatic heterocycles. The molecule has 2 nitrogen and oxygen atoms in total. The first-order valence-electron chi connectivity index (χ1n) is 19.9. The van der Waals surface area contributed by atoms with Gasteiger partial charge in [0.2, 0.25) is 0 Å².